The lowest BCUT2D eigenvalue weighted by atomic mass is 10.00. The Kier molecular flexibility index (Phi) is 6.41. The molecule has 2 aromatic carbocycles. The third-order valence-electron chi connectivity index (χ3n) is 3.18. The zero-order valence-corrected chi connectivity index (χ0v) is 13.6. The van der Waals surface area contributed by atoms with E-state index in [0.717, 1.165) is 0 Å². The highest BCUT2D eigenvalue weighted by Gasteiger charge is 2.28. The Labute approximate surface area is 146 Å². The number of hydrogen-bond donors (Lipinski definition) is 1. The molecule has 0 amide bonds. The number of ketones is 1. The highest BCUT2D eigenvalue weighted by Crippen LogP contribution is 2.29. The fourth-order valence-electron chi connectivity index (χ4n) is 2.02. The van der Waals surface area contributed by atoms with Crippen molar-refractivity contribution in [2.45, 2.75) is 12.5 Å². The van der Waals surface area contributed by atoms with Gasteiger partial charge in [-0.25, -0.2) is 0 Å². The minimum absolute atomic E-state index is 0.0596. The summed E-state index contributed by atoms with van der Waals surface area (Å²) in [4.78, 5) is 12.2. The number of rotatable bonds is 7. The molecule has 1 atom stereocenters. The lowest BCUT2D eigenvalue weighted by Gasteiger charge is -2.13. The van der Waals surface area contributed by atoms with Crippen LogP contribution < -0.4 is 4.74 Å². The molecule has 0 bridgehead atoms. The maximum atomic E-state index is 12.2. The summed E-state index contributed by atoms with van der Waals surface area (Å²) < 4.78 is 44.2. The van der Waals surface area contributed by atoms with Crippen LogP contribution in [0.15, 0.2) is 48.5 Å². The molecule has 0 aliphatic heterocycles. The van der Waals surface area contributed by atoms with Crippen LogP contribution in [0.2, 0.25) is 5.02 Å². The minimum atomic E-state index is -4.72. The van der Waals surface area contributed by atoms with Crippen LogP contribution in [0.1, 0.15) is 22.0 Å². The number of ether oxygens (including phenoxy) is 2. The van der Waals surface area contributed by atoms with Gasteiger partial charge in [0, 0.05) is 5.56 Å². The predicted octanol–water partition coefficient (Wildman–Crippen LogP) is 4.17. The SMILES string of the molecule is O=C(c1ccccc1)C(O)c1ccc(OCCOC(F)(F)F)c(Cl)c1. The Balaban J connectivity index is 2.00. The lowest BCUT2D eigenvalue weighted by Crippen LogP contribution is -2.18. The van der Waals surface area contributed by atoms with E-state index in [4.69, 9.17) is 16.3 Å². The van der Waals surface area contributed by atoms with Crippen LogP contribution in [-0.4, -0.2) is 30.5 Å². The quantitative estimate of drug-likeness (QED) is 0.583. The summed E-state index contributed by atoms with van der Waals surface area (Å²) in [7, 11) is 0. The molecule has 0 saturated heterocycles. The number of aliphatic hydroxyl groups is 1. The predicted molar refractivity (Wildman–Crippen MR) is 84.7 cm³/mol. The number of alkyl halides is 3. The summed E-state index contributed by atoms with van der Waals surface area (Å²) in [6.45, 7) is -1.04. The van der Waals surface area contributed by atoms with Crippen LogP contribution in [0.5, 0.6) is 5.75 Å². The van der Waals surface area contributed by atoms with Crippen molar-refractivity contribution >= 4 is 17.4 Å². The fourth-order valence-corrected chi connectivity index (χ4v) is 2.27. The molecule has 2 aromatic rings. The summed E-state index contributed by atoms with van der Waals surface area (Å²) >= 11 is 5.98. The molecule has 0 fully saturated rings. The highest BCUT2D eigenvalue weighted by molar-refractivity contribution is 6.32. The first-order chi connectivity index (χ1) is 11.8. The Hall–Kier alpha value is -2.09. The van der Waals surface area contributed by atoms with Gasteiger partial charge in [-0.1, -0.05) is 48.0 Å². The molecular weight excluding hydrogens is 361 g/mol. The summed E-state index contributed by atoms with van der Waals surface area (Å²) in [5.74, 6) is -0.375. The lowest BCUT2D eigenvalue weighted by molar-refractivity contribution is -0.325. The third-order valence-corrected chi connectivity index (χ3v) is 3.48. The Morgan fingerprint density at radius 3 is 2.40 bits per heavy atom. The summed E-state index contributed by atoms with van der Waals surface area (Å²) in [6, 6.07) is 12.3. The van der Waals surface area contributed by atoms with Crippen LogP contribution in [0.25, 0.3) is 0 Å². The van der Waals surface area contributed by atoms with E-state index in [-0.39, 0.29) is 22.9 Å². The van der Waals surface area contributed by atoms with Crippen molar-refractivity contribution in [1.29, 1.82) is 0 Å². The van der Waals surface area contributed by atoms with Crippen molar-refractivity contribution < 1.29 is 32.5 Å². The van der Waals surface area contributed by atoms with Gasteiger partial charge >= 0.3 is 6.36 Å². The van der Waals surface area contributed by atoms with Gasteiger partial charge in [0.25, 0.3) is 0 Å². The zero-order valence-electron chi connectivity index (χ0n) is 12.8. The van der Waals surface area contributed by atoms with Gasteiger partial charge in [-0.15, -0.1) is 13.2 Å². The molecule has 25 heavy (non-hydrogen) atoms. The fraction of sp³-hybridized carbons (Fsp3) is 0.235. The van der Waals surface area contributed by atoms with Gasteiger partial charge in [0.15, 0.2) is 5.78 Å². The Morgan fingerprint density at radius 2 is 1.80 bits per heavy atom. The molecule has 0 aliphatic rings. The molecule has 0 saturated carbocycles. The number of benzene rings is 2. The summed E-state index contributed by atoms with van der Waals surface area (Å²) in [5.41, 5.74) is 0.591. The monoisotopic (exact) mass is 374 g/mol. The topological polar surface area (TPSA) is 55.8 Å². The smallest absolute Gasteiger partial charge is 0.490 e. The van der Waals surface area contributed by atoms with Crippen molar-refractivity contribution in [1.82, 2.24) is 0 Å². The number of hydrogen-bond acceptors (Lipinski definition) is 4. The Morgan fingerprint density at radius 1 is 1.12 bits per heavy atom. The number of halogens is 4. The number of aliphatic hydroxyl groups excluding tert-OH is 1. The second-order valence-corrected chi connectivity index (χ2v) is 5.37. The van der Waals surface area contributed by atoms with Crippen molar-refractivity contribution in [3.63, 3.8) is 0 Å². The largest absolute Gasteiger partial charge is 0.522 e. The minimum Gasteiger partial charge on any atom is -0.490 e. The molecule has 0 aliphatic carbocycles. The molecule has 0 radical (unpaired) electrons. The molecule has 8 heteroatoms. The average Bonchev–Trinajstić information content (AvgIpc) is 2.58. The average molecular weight is 375 g/mol. The molecule has 134 valence electrons. The molecule has 1 N–H and O–H groups in total. The number of carbonyl (C=O) groups excluding carboxylic acids is 1. The first-order valence-electron chi connectivity index (χ1n) is 7.18. The molecule has 0 spiro atoms. The van der Waals surface area contributed by atoms with E-state index in [2.05, 4.69) is 4.74 Å². The van der Waals surface area contributed by atoms with Gasteiger partial charge in [-0.2, -0.15) is 0 Å². The first-order valence-corrected chi connectivity index (χ1v) is 7.56. The van der Waals surface area contributed by atoms with Gasteiger partial charge in [0.2, 0.25) is 0 Å². The van der Waals surface area contributed by atoms with Crippen LogP contribution in [-0.2, 0) is 4.74 Å². The summed E-state index contributed by atoms with van der Waals surface area (Å²) in [5, 5.41) is 10.2. The van der Waals surface area contributed by atoms with Crippen LogP contribution >= 0.6 is 11.6 Å². The van der Waals surface area contributed by atoms with Crippen molar-refractivity contribution in [3.05, 3.63) is 64.7 Å². The van der Waals surface area contributed by atoms with E-state index in [1.807, 2.05) is 0 Å². The number of carbonyl (C=O) groups is 1. The van der Waals surface area contributed by atoms with Crippen LogP contribution in [0.3, 0.4) is 0 Å². The molecule has 1 unspecified atom stereocenters. The molecule has 4 nitrogen and oxygen atoms in total. The van der Waals surface area contributed by atoms with E-state index in [0.29, 0.717) is 5.56 Å². The van der Waals surface area contributed by atoms with Crippen LogP contribution in [0, 0.1) is 0 Å². The molecule has 2 rings (SSSR count). The summed E-state index contributed by atoms with van der Waals surface area (Å²) in [6.07, 6.45) is -6.14. The Bertz CT molecular complexity index is 720. The van der Waals surface area contributed by atoms with Gasteiger partial charge in [0.05, 0.1) is 11.6 Å². The van der Waals surface area contributed by atoms with Crippen LogP contribution in [0.4, 0.5) is 13.2 Å². The van der Waals surface area contributed by atoms with Gasteiger partial charge in [-0.05, 0) is 17.7 Å². The normalized spacial score (nSPS) is 12.7. The highest BCUT2D eigenvalue weighted by atomic mass is 35.5. The van der Waals surface area contributed by atoms with E-state index in [1.54, 1.807) is 30.3 Å². The van der Waals surface area contributed by atoms with Crippen molar-refractivity contribution in [3.8, 4) is 5.75 Å². The maximum absolute atomic E-state index is 12.2. The van der Waals surface area contributed by atoms with E-state index >= 15 is 0 Å². The molecular formula is C17H14ClF3O4. The van der Waals surface area contributed by atoms with E-state index in [1.165, 1.54) is 18.2 Å². The first kappa shape index (κ1) is 19.2. The van der Waals surface area contributed by atoms with Gasteiger partial charge < -0.3 is 9.84 Å². The second kappa shape index (κ2) is 8.33. The van der Waals surface area contributed by atoms with Gasteiger partial charge in [-0.3, -0.25) is 9.53 Å². The number of Topliss-reactive ketones (excluding diaryl/α,β-unsaturated/α-hetero) is 1. The second-order valence-electron chi connectivity index (χ2n) is 4.97. The van der Waals surface area contributed by atoms with Crippen molar-refractivity contribution in [2.75, 3.05) is 13.2 Å². The van der Waals surface area contributed by atoms with E-state index in [9.17, 15) is 23.1 Å². The van der Waals surface area contributed by atoms with E-state index < -0.39 is 24.9 Å². The maximum Gasteiger partial charge on any atom is 0.522 e. The standard InChI is InChI=1S/C17H14ClF3O4/c18-13-10-12(16(23)15(22)11-4-2-1-3-5-11)6-7-14(13)24-8-9-25-17(19,20)21/h1-7,10,16,23H,8-9H2. The zero-order chi connectivity index (χ0) is 18.4. The van der Waals surface area contributed by atoms with Crippen molar-refractivity contribution in [2.24, 2.45) is 0 Å². The third kappa shape index (κ3) is 5.74. The molecule has 0 aromatic heterocycles. The van der Waals surface area contributed by atoms with Gasteiger partial charge in [0.1, 0.15) is 18.5 Å². The molecule has 0 heterocycles.